The van der Waals surface area contributed by atoms with Gasteiger partial charge in [-0.3, -0.25) is 15.1 Å². The van der Waals surface area contributed by atoms with Crippen molar-refractivity contribution < 1.29 is 9.53 Å². The number of aromatic nitrogens is 4. The highest BCUT2D eigenvalue weighted by Crippen LogP contribution is 2.26. The minimum absolute atomic E-state index is 0.141. The molecule has 0 aliphatic heterocycles. The number of methoxy groups -OCH3 is 1. The number of nitrogens with zero attached hydrogens (tertiary/aromatic N) is 3. The first-order valence-electron chi connectivity index (χ1n) is 11.2. The third kappa shape index (κ3) is 5.08. The van der Waals surface area contributed by atoms with E-state index < -0.39 is 0 Å². The number of H-pyrrole nitrogens is 1. The van der Waals surface area contributed by atoms with Crippen molar-refractivity contribution in [2.45, 2.75) is 58.4 Å². The molecule has 0 saturated carbocycles. The Bertz CT molecular complexity index is 1200. The lowest BCUT2D eigenvalue weighted by molar-refractivity contribution is 0.251. The van der Waals surface area contributed by atoms with Crippen LogP contribution in [-0.2, 0) is 24.8 Å². The average molecular weight is 451 g/mol. The zero-order chi connectivity index (χ0) is 23.6. The minimum Gasteiger partial charge on any atom is -0.497 e. The van der Waals surface area contributed by atoms with E-state index in [-0.39, 0.29) is 17.0 Å². The molecule has 0 bridgehead atoms. The lowest BCUT2D eigenvalue weighted by Crippen LogP contribution is -2.30. The Morgan fingerprint density at radius 3 is 2.61 bits per heavy atom. The summed E-state index contributed by atoms with van der Waals surface area (Å²) in [5.74, 6) is 1.50. The number of nitrogens with one attached hydrogen (secondary N) is 3. The maximum Gasteiger partial charge on any atom is 0.320 e. The van der Waals surface area contributed by atoms with E-state index in [0.29, 0.717) is 18.3 Å². The second-order valence-electron chi connectivity index (χ2n) is 9.25. The zero-order valence-corrected chi connectivity index (χ0v) is 19.5. The minimum atomic E-state index is -0.382. The maximum atomic E-state index is 12.7. The molecular weight excluding hydrogens is 420 g/mol. The lowest BCUT2D eigenvalue weighted by atomic mass is 9.92. The molecule has 0 atom stereocenters. The Labute approximate surface area is 192 Å². The Hall–Kier alpha value is -3.62. The van der Waals surface area contributed by atoms with Gasteiger partial charge < -0.3 is 10.1 Å². The van der Waals surface area contributed by atoms with Gasteiger partial charge in [-0.1, -0.05) is 32.9 Å². The lowest BCUT2D eigenvalue weighted by Gasteiger charge is -2.16. The van der Waals surface area contributed by atoms with Crippen LogP contribution in [0.15, 0.2) is 35.1 Å². The number of hydrogen-bond donors (Lipinski definition) is 3. The highest BCUT2D eigenvalue weighted by atomic mass is 16.5. The highest BCUT2D eigenvalue weighted by molar-refractivity contribution is 5.88. The molecule has 3 N–H and O–H groups in total. The largest absolute Gasteiger partial charge is 0.497 e. The molecule has 9 nitrogen and oxygen atoms in total. The zero-order valence-electron chi connectivity index (χ0n) is 19.5. The molecule has 0 unspecified atom stereocenters. The predicted molar refractivity (Wildman–Crippen MR) is 126 cm³/mol. The average Bonchev–Trinajstić information content (AvgIpc) is 3.22. The first-order chi connectivity index (χ1) is 15.7. The molecule has 1 aromatic carbocycles. The molecule has 2 heterocycles. The monoisotopic (exact) mass is 450 g/mol. The fraction of sp³-hybridized carbons (Fsp3) is 0.417. The van der Waals surface area contributed by atoms with Crippen molar-refractivity contribution in [2.75, 3.05) is 12.4 Å². The van der Waals surface area contributed by atoms with Gasteiger partial charge in [0.1, 0.15) is 11.6 Å². The van der Waals surface area contributed by atoms with Crippen molar-refractivity contribution >= 4 is 11.8 Å². The number of urea groups is 1. The second-order valence-corrected chi connectivity index (χ2v) is 9.25. The van der Waals surface area contributed by atoms with Gasteiger partial charge in [-0.2, -0.15) is 9.78 Å². The summed E-state index contributed by atoms with van der Waals surface area (Å²) in [6, 6.07) is 8.90. The smallest absolute Gasteiger partial charge is 0.320 e. The summed E-state index contributed by atoms with van der Waals surface area (Å²) < 4.78 is 6.66. The third-order valence-electron chi connectivity index (χ3n) is 5.71. The van der Waals surface area contributed by atoms with Crippen LogP contribution in [0.5, 0.6) is 5.75 Å². The highest BCUT2D eigenvalue weighted by Gasteiger charge is 2.24. The fourth-order valence-corrected chi connectivity index (χ4v) is 3.77. The molecule has 2 aromatic heterocycles. The number of aromatic amines is 1. The van der Waals surface area contributed by atoms with Crippen LogP contribution in [0.3, 0.4) is 0 Å². The summed E-state index contributed by atoms with van der Waals surface area (Å²) in [5, 5.41) is 10.4. The Kier molecular flexibility index (Phi) is 6.22. The third-order valence-corrected chi connectivity index (χ3v) is 5.71. The first kappa shape index (κ1) is 22.6. The second kappa shape index (κ2) is 9.09. The number of rotatable bonds is 5. The van der Waals surface area contributed by atoms with Gasteiger partial charge in [0, 0.05) is 23.6 Å². The number of ether oxygens (including phenoxy) is 1. The Morgan fingerprint density at radius 1 is 1.18 bits per heavy atom. The maximum absolute atomic E-state index is 12.7. The molecule has 9 heteroatoms. The van der Waals surface area contributed by atoms with Crippen molar-refractivity contribution in [3.8, 4) is 11.7 Å². The molecule has 0 saturated heterocycles. The van der Waals surface area contributed by atoms with Crippen LogP contribution in [0, 0.1) is 0 Å². The van der Waals surface area contributed by atoms with Gasteiger partial charge in [0.2, 0.25) is 5.95 Å². The SMILES string of the molecule is COc1ccc(CNC(=O)Nc2cc(C(C)(C)C)nn2-c2nc3c(c(=O)[nH]2)CCCC3)cc1. The quantitative estimate of drug-likeness (QED) is 0.551. The molecule has 1 aliphatic rings. The molecular formula is C24H30N6O3. The Morgan fingerprint density at radius 2 is 1.91 bits per heavy atom. The molecule has 1 aliphatic carbocycles. The van der Waals surface area contributed by atoms with Gasteiger partial charge in [-0.05, 0) is 43.4 Å². The van der Waals surface area contributed by atoms with Crippen LogP contribution < -0.4 is 20.9 Å². The summed E-state index contributed by atoms with van der Waals surface area (Å²) in [5.41, 5.74) is 2.87. The van der Waals surface area contributed by atoms with Gasteiger partial charge in [-0.25, -0.2) is 9.78 Å². The Balaban J connectivity index is 1.58. The summed E-state index contributed by atoms with van der Waals surface area (Å²) in [6.45, 7) is 6.46. The van der Waals surface area contributed by atoms with Crippen LogP contribution in [-0.4, -0.2) is 32.9 Å². The van der Waals surface area contributed by atoms with Crippen LogP contribution in [0.1, 0.15) is 56.1 Å². The molecule has 3 aromatic rings. The van der Waals surface area contributed by atoms with E-state index in [0.717, 1.165) is 53.9 Å². The molecule has 0 fully saturated rings. The summed E-state index contributed by atoms with van der Waals surface area (Å²) >= 11 is 0. The van der Waals surface area contributed by atoms with Crippen molar-refractivity contribution in [3.05, 3.63) is 63.2 Å². The molecule has 33 heavy (non-hydrogen) atoms. The number of amides is 2. The summed E-state index contributed by atoms with van der Waals surface area (Å²) in [4.78, 5) is 32.9. The van der Waals surface area contributed by atoms with Gasteiger partial charge in [0.25, 0.3) is 5.56 Å². The number of carbonyl (C=O) groups excluding carboxylic acids is 1. The van der Waals surface area contributed by atoms with Gasteiger partial charge in [-0.15, -0.1) is 0 Å². The van der Waals surface area contributed by atoms with E-state index >= 15 is 0 Å². The number of hydrogen-bond acceptors (Lipinski definition) is 5. The topological polar surface area (TPSA) is 114 Å². The molecule has 0 spiro atoms. The van der Waals surface area contributed by atoms with Crippen LogP contribution >= 0.6 is 0 Å². The molecule has 0 radical (unpaired) electrons. The van der Waals surface area contributed by atoms with Gasteiger partial charge >= 0.3 is 6.03 Å². The molecule has 4 rings (SSSR count). The number of anilines is 1. The normalized spacial score (nSPS) is 13.3. The number of aryl methyl sites for hydroxylation is 1. The van der Waals surface area contributed by atoms with E-state index in [1.807, 2.05) is 51.1 Å². The van der Waals surface area contributed by atoms with E-state index in [2.05, 4.69) is 25.7 Å². The van der Waals surface area contributed by atoms with Gasteiger partial charge in [0.05, 0.1) is 18.5 Å². The van der Waals surface area contributed by atoms with E-state index in [4.69, 9.17) is 4.74 Å². The van der Waals surface area contributed by atoms with E-state index in [1.165, 1.54) is 4.68 Å². The molecule has 2 amide bonds. The number of carbonyl (C=O) groups is 1. The van der Waals surface area contributed by atoms with E-state index in [9.17, 15) is 9.59 Å². The van der Waals surface area contributed by atoms with Crippen molar-refractivity contribution in [3.63, 3.8) is 0 Å². The van der Waals surface area contributed by atoms with Crippen molar-refractivity contribution in [1.29, 1.82) is 0 Å². The summed E-state index contributed by atoms with van der Waals surface area (Å²) in [6.07, 6.45) is 3.51. The van der Waals surface area contributed by atoms with Gasteiger partial charge in [0.15, 0.2) is 0 Å². The van der Waals surface area contributed by atoms with Crippen molar-refractivity contribution in [2.24, 2.45) is 0 Å². The molecule has 174 valence electrons. The predicted octanol–water partition coefficient (Wildman–Crippen LogP) is 3.46. The fourth-order valence-electron chi connectivity index (χ4n) is 3.77. The number of benzene rings is 1. The summed E-state index contributed by atoms with van der Waals surface area (Å²) in [7, 11) is 1.61. The van der Waals surface area contributed by atoms with Crippen LogP contribution in [0.4, 0.5) is 10.6 Å². The first-order valence-corrected chi connectivity index (χ1v) is 11.2. The number of fused-ring (bicyclic) bond motifs is 1. The van der Waals surface area contributed by atoms with Crippen LogP contribution in [0.2, 0.25) is 0 Å². The van der Waals surface area contributed by atoms with Crippen molar-refractivity contribution in [1.82, 2.24) is 25.1 Å². The standard InChI is InChI=1S/C24H30N6O3/c1-24(2,3)19-13-20(27-23(32)25-14-15-9-11-16(33-4)12-10-15)30(29-19)22-26-18-8-6-5-7-17(18)21(31)28-22/h9-13H,5-8,14H2,1-4H3,(H2,25,27,32)(H,26,28,31). The van der Waals surface area contributed by atoms with E-state index in [1.54, 1.807) is 7.11 Å². The van der Waals surface area contributed by atoms with Crippen LogP contribution in [0.25, 0.3) is 5.95 Å².